The number of ether oxygens (including phenoxy) is 1. The van der Waals surface area contributed by atoms with E-state index in [1.165, 1.54) is 28.5 Å². The van der Waals surface area contributed by atoms with Crippen LogP contribution in [0.5, 0.6) is 0 Å². The number of hydrogen-bond acceptors (Lipinski definition) is 3. The van der Waals surface area contributed by atoms with Crippen LogP contribution in [-0.4, -0.2) is 22.1 Å². The minimum atomic E-state index is -0.369. The molecule has 0 radical (unpaired) electrons. The Morgan fingerprint density at radius 3 is 2.69 bits per heavy atom. The predicted octanol–water partition coefficient (Wildman–Crippen LogP) is 5.68. The summed E-state index contributed by atoms with van der Waals surface area (Å²) in [6.07, 6.45) is 3.42. The van der Waals surface area contributed by atoms with Crippen LogP contribution in [0.3, 0.4) is 0 Å². The minimum absolute atomic E-state index is 0.338. The molecule has 0 N–H and O–H groups in total. The second-order valence-corrected chi connectivity index (χ2v) is 7.76. The number of esters is 1. The SMILES string of the molecule is CCOC(=O)c1cc2c3cccc4c3n(c2c(-c2ccc(C)cc2)n1)CCCC4. The number of aryl methyl sites for hydroxylation is 3. The molecule has 4 heteroatoms. The zero-order chi connectivity index (χ0) is 20.0. The van der Waals surface area contributed by atoms with E-state index < -0.39 is 0 Å². The first kappa shape index (κ1) is 17.9. The predicted molar refractivity (Wildman–Crippen MR) is 116 cm³/mol. The Labute approximate surface area is 170 Å². The lowest BCUT2D eigenvalue weighted by Crippen LogP contribution is -2.08. The highest BCUT2D eigenvalue weighted by atomic mass is 16.5. The van der Waals surface area contributed by atoms with Gasteiger partial charge in [-0.1, -0.05) is 48.0 Å². The van der Waals surface area contributed by atoms with Gasteiger partial charge in [-0.15, -0.1) is 0 Å². The van der Waals surface area contributed by atoms with Gasteiger partial charge in [-0.05, 0) is 44.7 Å². The first-order chi connectivity index (χ1) is 14.2. The lowest BCUT2D eigenvalue weighted by molar-refractivity contribution is 0.0520. The molecular formula is C25H24N2O2. The number of aromatic nitrogens is 2. The van der Waals surface area contributed by atoms with E-state index in [-0.39, 0.29) is 5.97 Å². The van der Waals surface area contributed by atoms with Crippen molar-refractivity contribution < 1.29 is 9.53 Å². The fourth-order valence-electron chi connectivity index (χ4n) is 4.49. The van der Waals surface area contributed by atoms with Crippen molar-refractivity contribution >= 4 is 27.8 Å². The molecule has 146 valence electrons. The molecule has 0 amide bonds. The number of rotatable bonds is 3. The normalized spacial score (nSPS) is 13.6. The summed E-state index contributed by atoms with van der Waals surface area (Å²) in [5.74, 6) is -0.369. The van der Waals surface area contributed by atoms with Crippen LogP contribution in [-0.2, 0) is 17.7 Å². The molecule has 0 spiro atoms. The second-order valence-electron chi connectivity index (χ2n) is 7.76. The first-order valence-electron chi connectivity index (χ1n) is 10.4. The molecule has 1 aliphatic rings. The molecule has 0 unspecified atom stereocenters. The smallest absolute Gasteiger partial charge is 0.356 e. The van der Waals surface area contributed by atoms with Gasteiger partial charge in [-0.2, -0.15) is 0 Å². The van der Waals surface area contributed by atoms with Gasteiger partial charge in [-0.25, -0.2) is 9.78 Å². The van der Waals surface area contributed by atoms with Crippen molar-refractivity contribution in [3.05, 3.63) is 65.4 Å². The van der Waals surface area contributed by atoms with Crippen LogP contribution in [0.25, 0.3) is 33.1 Å². The molecule has 0 aliphatic carbocycles. The Balaban J connectivity index is 1.90. The summed E-state index contributed by atoms with van der Waals surface area (Å²) >= 11 is 0. The van der Waals surface area contributed by atoms with Gasteiger partial charge in [0, 0.05) is 22.9 Å². The summed E-state index contributed by atoms with van der Waals surface area (Å²) in [7, 11) is 0. The molecule has 0 saturated carbocycles. The third-order valence-corrected chi connectivity index (χ3v) is 5.83. The van der Waals surface area contributed by atoms with Crippen molar-refractivity contribution in [2.24, 2.45) is 0 Å². The number of hydrogen-bond donors (Lipinski definition) is 0. The van der Waals surface area contributed by atoms with Gasteiger partial charge >= 0.3 is 5.97 Å². The van der Waals surface area contributed by atoms with E-state index >= 15 is 0 Å². The maximum atomic E-state index is 12.6. The highest BCUT2D eigenvalue weighted by molar-refractivity contribution is 6.14. The zero-order valence-corrected chi connectivity index (χ0v) is 16.9. The Kier molecular flexibility index (Phi) is 4.35. The fourth-order valence-corrected chi connectivity index (χ4v) is 4.49. The van der Waals surface area contributed by atoms with E-state index in [1.54, 1.807) is 0 Å². The Hall–Kier alpha value is -3.14. The molecular weight excluding hydrogens is 360 g/mol. The fraction of sp³-hybridized carbons (Fsp3) is 0.280. The van der Waals surface area contributed by atoms with Gasteiger partial charge in [0.25, 0.3) is 0 Å². The van der Waals surface area contributed by atoms with Crippen molar-refractivity contribution in [1.29, 1.82) is 0 Å². The third kappa shape index (κ3) is 2.91. The summed E-state index contributed by atoms with van der Waals surface area (Å²) in [6.45, 7) is 5.20. The minimum Gasteiger partial charge on any atom is -0.461 e. The number of benzene rings is 2. The van der Waals surface area contributed by atoms with Gasteiger partial charge < -0.3 is 9.30 Å². The first-order valence-corrected chi connectivity index (χ1v) is 10.4. The van der Waals surface area contributed by atoms with E-state index in [1.807, 2.05) is 13.0 Å². The summed E-state index contributed by atoms with van der Waals surface area (Å²) < 4.78 is 7.70. The van der Waals surface area contributed by atoms with Gasteiger partial charge in [-0.3, -0.25) is 0 Å². The topological polar surface area (TPSA) is 44.1 Å². The van der Waals surface area contributed by atoms with Crippen LogP contribution in [0.1, 0.15) is 41.4 Å². The molecule has 0 fully saturated rings. The summed E-state index contributed by atoms with van der Waals surface area (Å²) in [5.41, 5.74) is 7.24. The van der Waals surface area contributed by atoms with Crippen molar-refractivity contribution in [3.63, 3.8) is 0 Å². The van der Waals surface area contributed by atoms with E-state index in [0.29, 0.717) is 12.3 Å². The molecule has 1 aliphatic heterocycles. The molecule has 0 saturated heterocycles. The number of nitrogens with zero attached hydrogens (tertiary/aromatic N) is 2. The van der Waals surface area contributed by atoms with E-state index in [2.05, 4.69) is 54.0 Å². The van der Waals surface area contributed by atoms with Crippen molar-refractivity contribution in [3.8, 4) is 11.3 Å². The standard InChI is InChI=1S/C25H24N2O2/c1-3-29-25(28)21-15-20-19-9-6-8-18-7-4-5-14-27(23(18)19)24(20)22(26-21)17-12-10-16(2)11-13-17/h6,8-13,15H,3-5,7,14H2,1-2H3. The Morgan fingerprint density at radius 1 is 1.07 bits per heavy atom. The second kappa shape index (κ2) is 7.03. The van der Waals surface area contributed by atoms with Crippen molar-refractivity contribution in [2.45, 2.75) is 39.7 Å². The van der Waals surface area contributed by atoms with Crippen LogP contribution >= 0.6 is 0 Å². The molecule has 3 heterocycles. The van der Waals surface area contributed by atoms with Crippen LogP contribution in [0.2, 0.25) is 0 Å². The van der Waals surface area contributed by atoms with Crippen molar-refractivity contribution in [2.75, 3.05) is 6.61 Å². The molecule has 2 aromatic carbocycles. The maximum Gasteiger partial charge on any atom is 0.356 e. The molecule has 5 rings (SSSR count). The van der Waals surface area contributed by atoms with Gasteiger partial charge in [0.2, 0.25) is 0 Å². The molecule has 29 heavy (non-hydrogen) atoms. The average Bonchev–Trinajstić information content (AvgIpc) is 2.90. The van der Waals surface area contributed by atoms with Gasteiger partial charge in [0.15, 0.2) is 0 Å². The Bertz CT molecular complexity index is 1240. The number of carbonyl (C=O) groups excluding carboxylic acids is 1. The molecule has 2 aromatic heterocycles. The number of pyridine rings is 1. The summed E-state index contributed by atoms with van der Waals surface area (Å²) in [5, 5.41) is 2.28. The van der Waals surface area contributed by atoms with Gasteiger partial charge in [0.1, 0.15) is 5.69 Å². The van der Waals surface area contributed by atoms with Gasteiger partial charge in [0.05, 0.1) is 23.3 Å². The lowest BCUT2D eigenvalue weighted by atomic mass is 10.0. The molecule has 4 aromatic rings. The van der Waals surface area contributed by atoms with Crippen molar-refractivity contribution in [1.82, 2.24) is 9.55 Å². The van der Waals surface area contributed by atoms with E-state index in [4.69, 9.17) is 9.72 Å². The van der Waals surface area contributed by atoms with E-state index in [9.17, 15) is 4.79 Å². The summed E-state index contributed by atoms with van der Waals surface area (Å²) in [6, 6.07) is 16.8. The van der Waals surface area contributed by atoms with Crippen LogP contribution in [0.15, 0.2) is 48.5 Å². The molecule has 0 atom stereocenters. The third-order valence-electron chi connectivity index (χ3n) is 5.83. The zero-order valence-electron chi connectivity index (χ0n) is 16.9. The monoisotopic (exact) mass is 384 g/mol. The largest absolute Gasteiger partial charge is 0.461 e. The Morgan fingerprint density at radius 2 is 1.90 bits per heavy atom. The maximum absolute atomic E-state index is 12.6. The summed E-state index contributed by atoms with van der Waals surface area (Å²) in [4.78, 5) is 17.4. The quantitative estimate of drug-likeness (QED) is 0.427. The van der Waals surface area contributed by atoms with E-state index in [0.717, 1.165) is 41.5 Å². The highest BCUT2D eigenvalue weighted by Crippen LogP contribution is 2.38. The van der Waals surface area contributed by atoms with Crippen LogP contribution < -0.4 is 0 Å². The number of fused-ring (bicyclic) bond motifs is 3. The molecule has 0 bridgehead atoms. The lowest BCUT2D eigenvalue weighted by Gasteiger charge is -2.11. The number of carbonyl (C=O) groups is 1. The molecule has 4 nitrogen and oxygen atoms in total. The van der Waals surface area contributed by atoms with Crippen LogP contribution in [0, 0.1) is 6.92 Å². The average molecular weight is 384 g/mol. The number of para-hydroxylation sites is 1. The highest BCUT2D eigenvalue weighted by Gasteiger charge is 2.23. The van der Waals surface area contributed by atoms with Crippen LogP contribution in [0.4, 0.5) is 0 Å².